The molecule has 5 nitrogen and oxygen atoms in total. The van der Waals surface area contributed by atoms with E-state index in [1.54, 1.807) is 0 Å². The topological polar surface area (TPSA) is 38.8 Å². The van der Waals surface area contributed by atoms with Crippen molar-refractivity contribution in [3.8, 4) is 0 Å². The van der Waals surface area contributed by atoms with Gasteiger partial charge in [0.25, 0.3) is 5.92 Å². The lowest BCUT2D eigenvalue weighted by atomic mass is 9.97. The summed E-state index contributed by atoms with van der Waals surface area (Å²) in [6.45, 7) is 3.57. The second-order valence-electron chi connectivity index (χ2n) is 11.4. The Morgan fingerprint density at radius 2 is 1.75 bits per heavy atom. The fourth-order valence-electron chi connectivity index (χ4n) is 5.74. The summed E-state index contributed by atoms with van der Waals surface area (Å²) in [5.41, 5.74) is 2.55. The molecular formula is C30H37F5N4O. The van der Waals surface area contributed by atoms with Gasteiger partial charge in [0.15, 0.2) is 0 Å². The van der Waals surface area contributed by atoms with E-state index in [0.717, 1.165) is 43.7 Å². The fraction of sp³-hybridized carbons (Fsp3) is 0.567. The lowest BCUT2D eigenvalue weighted by Crippen LogP contribution is -2.45. The molecule has 0 spiro atoms. The van der Waals surface area contributed by atoms with Crippen LogP contribution in [0.5, 0.6) is 0 Å². The maximum atomic E-state index is 13.7. The minimum absolute atomic E-state index is 0.0152. The van der Waals surface area contributed by atoms with Crippen LogP contribution in [-0.2, 0) is 30.5 Å². The van der Waals surface area contributed by atoms with Crippen molar-refractivity contribution in [2.75, 3.05) is 51.1 Å². The quantitative estimate of drug-likeness (QED) is 0.379. The van der Waals surface area contributed by atoms with Crippen molar-refractivity contribution in [1.82, 2.24) is 14.7 Å². The van der Waals surface area contributed by atoms with E-state index in [1.807, 2.05) is 17.0 Å². The van der Waals surface area contributed by atoms with Crippen molar-refractivity contribution in [3.05, 3.63) is 64.7 Å². The first-order chi connectivity index (χ1) is 19.1. The zero-order chi connectivity index (χ0) is 28.3. The van der Waals surface area contributed by atoms with Gasteiger partial charge in [-0.3, -0.25) is 9.69 Å². The highest BCUT2D eigenvalue weighted by atomic mass is 19.4. The molecular weight excluding hydrogens is 527 g/mol. The summed E-state index contributed by atoms with van der Waals surface area (Å²) in [6, 6.07) is 11.3. The SMILES string of the molecule is O=C(CNc1cccc2c1CCN(CC1CC1)C2)N(CCN1CCC(F)(F)CC1)Cc1ccccc1C(F)(F)F. The number of hydrogen-bond acceptors (Lipinski definition) is 4. The highest BCUT2D eigenvalue weighted by Gasteiger charge is 2.35. The number of piperidine rings is 1. The van der Waals surface area contributed by atoms with E-state index in [0.29, 0.717) is 6.54 Å². The number of nitrogens with one attached hydrogen (secondary N) is 1. The van der Waals surface area contributed by atoms with E-state index in [2.05, 4.69) is 16.3 Å². The van der Waals surface area contributed by atoms with Gasteiger partial charge in [0.05, 0.1) is 12.1 Å². The molecule has 0 radical (unpaired) electrons. The van der Waals surface area contributed by atoms with Crippen molar-refractivity contribution in [2.45, 2.75) is 57.3 Å². The predicted molar refractivity (Wildman–Crippen MR) is 144 cm³/mol. The Morgan fingerprint density at radius 1 is 1.00 bits per heavy atom. The Balaban J connectivity index is 1.26. The van der Waals surface area contributed by atoms with Gasteiger partial charge in [-0.2, -0.15) is 13.2 Å². The van der Waals surface area contributed by atoms with E-state index in [9.17, 15) is 26.7 Å². The second-order valence-corrected chi connectivity index (χ2v) is 11.4. The highest BCUT2D eigenvalue weighted by Crippen LogP contribution is 2.34. The smallest absolute Gasteiger partial charge is 0.376 e. The van der Waals surface area contributed by atoms with E-state index in [1.165, 1.54) is 47.1 Å². The molecule has 218 valence electrons. The zero-order valence-corrected chi connectivity index (χ0v) is 22.7. The number of likely N-dealkylation sites (tertiary alicyclic amines) is 1. The summed E-state index contributed by atoms with van der Waals surface area (Å²) >= 11 is 0. The summed E-state index contributed by atoms with van der Waals surface area (Å²) in [4.78, 5) is 19.2. The molecule has 2 heterocycles. The molecule has 0 aromatic heterocycles. The minimum Gasteiger partial charge on any atom is -0.376 e. The van der Waals surface area contributed by atoms with E-state index in [4.69, 9.17) is 0 Å². The number of amides is 1. The number of benzene rings is 2. The lowest BCUT2D eigenvalue weighted by molar-refractivity contribution is -0.139. The second kappa shape index (κ2) is 12.0. The summed E-state index contributed by atoms with van der Waals surface area (Å²) < 4.78 is 68.2. The summed E-state index contributed by atoms with van der Waals surface area (Å²) in [5, 5.41) is 3.26. The number of anilines is 1. The molecule has 2 fully saturated rings. The van der Waals surface area contributed by atoms with Crippen LogP contribution >= 0.6 is 0 Å². The monoisotopic (exact) mass is 564 g/mol. The van der Waals surface area contributed by atoms with E-state index < -0.39 is 17.7 Å². The Morgan fingerprint density at radius 3 is 2.48 bits per heavy atom. The number of hydrogen-bond donors (Lipinski definition) is 1. The molecule has 0 unspecified atom stereocenters. The summed E-state index contributed by atoms with van der Waals surface area (Å²) in [6.07, 6.45) is -1.56. The van der Waals surface area contributed by atoms with Crippen LogP contribution in [0.15, 0.2) is 42.5 Å². The van der Waals surface area contributed by atoms with Crippen molar-refractivity contribution in [3.63, 3.8) is 0 Å². The zero-order valence-electron chi connectivity index (χ0n) is 22.7. The molecule has 1 saturated carbocycles. The van der Waals surface area contributed by atoms with Crippen molar-refractivity contribution in [2.24, 2.45) is 5.92 Å². The first kappa shape index (κ1) is 28.8. The number of carbonyl (C=O) groups excluding carboxylic acids is 1. The number of nitrogens with zero attached hydrogens (tertiary/aromatic N) is 3. The summed E-state index contributed by atoms with van der Waals surface area (Å²) in [7, 11) is 0. The Hall–Kier alpha value is -2.72. The van der Waals surface area contributed by atoms with Gasteiger partial charge in [0.1, 0.15) is 0 Å². The third-order valence-electron chi connectivity index (χ3n) is 8.30. The molecule has 1 amide bonds. The van der Waals surface area contributed by atoms with Gasteiger partial charge in [0, 0.05) is 70.9 Å². The largest absolute Gasteiger partial charge is 0.416 e. The lowest BCUT2D eigenvalue weighted by Gasteiger charge is -2.34. The maximum absolute atomic E-state index is 13.7. The number of rotatable bonds is 10. The van der Waals surface area contributed by atoms with Gasteiger partial charge in [-0.05, 0) is 54.0 Å². The molecule has 3 aliphatic rings. The van der Waals surface area contributed by atoms with Crippen LogP contribution in [0.4, 0.5) is 27.6 Å². The molecule has 2 aromatic carbocycles. The average molecular weight is 565 g/mol. The Bertz CT molecular complexity index is 1170. The molecule has 0 atom stereocenters. The van der Waals surface area contributed by atoms with Gasteiger partial charge in [-0.15, -0.1) is 0 Å². The van der Waals surface area contributed by atoms with Gasteiger partial charge in [-0.25, -0.2) is 8.78 Å². The number of fused-ring (bicyclic) bond motifs is 1. The molecule has 1 saturated heterocycles. The van der Waals surface area contributed by atoms with Gasteiger partial charge >= 0.3 is 6.18 Å². The predicted octanol–water partition coefficient (Wildman–Crippen LogP) is 5.65. The van der Waals surface area contributed by atoms with Gasteiger partial charge in [0.2, 0.25) is 5.91 Å². The maximum Gasteiger partial charge on any atom is 0.416 e. The van der Waals surface area contributed by atoms with E-state index in [-0.39, 0.29) is 57.0 Å². The van der Waals surface area contributed by atoms with Crippen LogP contribution < -0.4 is 5.32 Å². The average Bonchev–Trinajstić information content (AvgIpc) is 3.74. The van der Waals surface area contributed by atoms with Gasteiger partial charge < -0.3 is 15.1 Å². The van der Waals surface area contributed by atoms with Crippen LogP contribution in [0.2, 0.25) is 0 Å². The molecule has 10 heteroatoms. The fourth-order valence-corrected chi connectivity index (χ4v) is 5.74. The normalized spacial score (nSPS) is 19.7. The van der Waals surface area contributed by atoms with Crippen LogP contribution in [0.3, 0.4) is 0 Å². The van der Waals surface area contributed by atoms with Crippen LogP contribution in [0.25, 0.3) is 0 Å². The molecule has 40 heavy (non-hydrogen) atoms. The Labute approximate surface area is 232 Å². The molecule has 5 rings (SSSR count). The van der Waals surface area contributed by atoms with Crippen molar-refractivity contribution < 1.29 is 26.7 Å². The Kier molecular flexibility index (Phi) is 8.66. The number of carbonyl (C=O) groups is 1. The van der Waals surface area contributed by atoms with Crippen molar-refractivity contribution >= 4 is 11.6 Å². The van der Waals surface area contributed by atoms with Crippen LogP contribution in [0, 0.1) is 5.92 Å². The highest BCUT2D eigenvalue weighted by molar-refractivity contribution is 5.81. The molecule has 0 bridgehead atoms. The number of alkyl halides is 5. The van der Waals surface area contributed by atoms with Crippen LogP contribution in [0.1, 0.15) is 47.9 Å². The molecule has 1 N–H and O–H groups in total. The van der Waals surface area contributed by atoms with E-state index >= 15 is 0 Å². The molecule has 1 aliphatic carbocycles. The van der Waals surface area contributed by atoms with Crippen molar-refractivity contribution in [1.29, 1.82) is 0 Å². The third-order valence-corrected chi connectivity index (χ3v) is 8.30. The van der Waals surface area contributed by atoms with Gasteiger partial charge in [-0.1, -0.05) is 30.3 Å². The minimum atomic E-state index is -4.54. The summed E-state index contributed by atoms with van der Waals surface area (Å²) in [5.74, 6) is -2.20. The first-order valence-electron chi connectivity index (χ1n) is 14.2. The third kappa shape index (κ3) is 7.51. The first-order valence-corrected chi connectivity index (χ1v) is 14.2. The number of halogens is 5. The molecule has 2 aromatic rings. The molecule has 2 aliphatic heterocycles. The standard InChI is InChI=1S/C30H37F5N4O/c31-29(32)11-14-37(15-12-29)16-17-39(21-24-4-1-2-6-26(24)30(33,34)35)28(40)18-36-27-7-3-5-23-20-38(13-10-25(23)27)19-22-8-9-22/h1-7,22,36H,8-21H2. The van der Waals surface area contributed by atoms with Crippen LogP contribution in [-0.4, -0.2) is 72.3 Å².